The van der Waals surface area contributed by atoms with E-state index >= 15 is 0 Å². The van der Waals surface area contributed by atoms with Gasteiger partial charge in [-0.1, -0.05) is 152 Å². The SMILES string of the molecule is c1ccc2c(c1)ccc1oc3ccc(-c4cccc5c6c7ccccc7c7ccccc7c6n(-c6nc(-c7ccc8c(c7)oc7ccccc78)nc(-c7ccc8c(c7)oc7ccccc78)n6)c45)cc3c12. The van der Waals surface area contributed by atoms with E-state index in [0.29, 0.717) is 17.6 Å². The molecule has 0 amide bonds. The zero-order chi connectivity index (χ0) is 45.6. The zero-order valence-corrected chi connectivity index (χ0v) is 37.1. The van der Waals surface area contributed by atoms with Crippen molar-refractivity contribution in [1.29, 1.82) is 0 Å². The maximum absolute atomic E-state index is 6.53. The normalized spacial score (nSPS) is 12.3. The van der Waals surface area contributed by atoms with Gasteiger partial charge in [-0.25, -0.2) is 4.98 Å². The third-order valence-corrected chi connectivity index (χ3v) is 14.4. The van der Waals surface area contributed by atoms with Gasteiger partial charge in [0.15, 0.2) is 11.6 Å². The molecule has 0 N–H and O–H groups in total. The van der Waals surface area contributed by atoms with Crippen molar-refractivity contribution in [3.63, 3.8) is 0 Å². The van der Waals surface area contributed by atoms with E-state index in [2.05, 4.69) is 174 Å². The van der Waals surface area contributed by atoms with E-state index in [1.54, 1.807) is 0 Å². The average molecular weight is 895 g/mol. The highest BCUT2D eigenvalue weighted by Crippen LogP contribution is 2.46. The van der Waals surface area contributed by atoms with Crippen molar-refractivity contribution in [1.82, 2.24) is 19.5 Å². The molecule has 5 heterocycles. The van der Waals surface area contributed by atoms with Crippen LogP contribution in [-0.4, -0.2) is 19.5 Å². The molecule has 0 saturated carbocycles. The van der Waals surface area contributed by atoms with Gasteiger partial charge in [0.05, 0.1) is 11.0 Å². The van der Waals surface area contributed by atoms with Crippen molar-refractivity contribution in [3.8, 4) is 39.9 Å². The van der Waals surface area contributed by atoms with E-state index in [1.165, 1.54) is 10.8 Å². The molecule has 5 aromatic heterocycles. The lowest BCUT2D eigenvalue weighted by Gasteiger charge is -2.14. The molecule has 11 aromatic carbocycles. The van der Waals surface area contributed by atoms with Crippen LogP contribution in [0, 0.1) is 0 Å². The maximum Gasteiger partial charge on any atom is 0.238 e. The van der Waals surface area contributed by atoms with E-state index < -0.39 is 0 Å². The minimum absolute atomic E-state index is 0.489. The van der Waals surface area contributed by atoms with Crippen molar-refractivity contribution in [2.45, 2.75) is 0 Å². The highest BCUT2D eigenvalue weighted by Gasteiger charge is 2.25. The van der Waals surface area contributed by atoms with Gasteiger partial charge in [0.2, 0.25) is 5.95 Å². The van der Waals surface area contributed by atoms with Gasteiger partial charge in [-0.15, -0.1) is 0 Å². The minimum atomic E-state index is 0.489. The van der Waals surface area contributed by atoms with Gasteiger partial charge < -0.3 is 13.3 Å². The second kappa shape index (κ2) is 14.0. The molecule has 0 aliphatic rings. The van der Waals surface area contributed by atoms with Gasteiger partial charge in [-0.05, 0) is 87.1 Å². The summed E-state index contributed by atoms with van der Waals surface area (Å²) >= 11 is 0. The van der Waals surface area contributed by atoms with Crippen LogP contribution in [0.3, 0.4) is 0 Å². The first kappa shape index (κ1) is 37.5. The quantitative estimate of drug-likeness (QED) is 0.164. The van der Waals surface area contributed by atoms with Gasteiger partial charge in [0, 0.05) is 65.2 Å². The fourth-order valence-electron chi connectivity index (χ4n) is 11.3. The molecule has 7 heteroatoms. The Balaban J connectivity index is 1.04. The molecule has 7 nitrogen and oxygen atoms in total. The maximum atomic E-state index is 6.53. The molecule has 0 aliphatic carbocycles. The Morgan fingerprint density at radius 1 is 0.286 bits per heavy atom. The van der Waals surface area contributed by atoms with E-state index in [0.717, 1.165) is 131 Å². The number of fused-ring (bicyclic) bond motifs is 19. The average Bonchev–Trinajstić information content (AvgIpc) is 4.19. The Morgan fingerprint density at radius 3 is 1.50 bits per heavy atom. The molecular weight excluding hydrogens is 861 g/mol. The molecule has 0 fully saturated rings. The Labute approximate surface area is 397 Å². The lowest BCUT2D eigenvalue weighted by molar-refractivity contribution is 0.668. The summed E-state index contributed by atoms with van der Waals surface area (Å²) < 4.78 is 21.7. The van der Waals surface area contributed by atoms with Gasteiger partial charge in [0.1, 0.15) is 33.5 Å². The van der Waals surface area contributed by atoms with Crippen molar-refractivity contribution in [2.24, 2.45) is 0 Å². The minimum Gasteiger partial charge on any atom is -0.456 e. The van der Waals surface area contributed by atoms with E-state index in [4.69, 9.17) is 28.2 Å². The first-order valence-electron chi connectivity index (χ1n) is 23.5. The van der Waals surface area contributed by atoms with Crippen LogP contribution in [0.4, 0.5) is 0 Å². The summed E-state index contributed by atoms with van der Waals surface area (Å²) in [7, 11) is 0. The first-order valence-corrected chi connectivity index (χ1v) is 23.5. The van der Waals surface area contributed by atoms with Crippen LogP contribution < -0.4 is 0 Å². The summed E-state index contributed by atoms with van der Waals surface area (Å²) in [4.78, 5) is 16.4. The second-order valence-electron chi connectivity index (χ2n) is 18.2. The van der Waals surface area contributed by atoms with Crippen LogP contribution >= 0.6 is 0 Å². The first-order chi connectivity index (χ1) is 34.7. The standard InChI is InChI=1S/C63H34N4O3/c1-2-13-39-35(12-1)26-31-54-57(39)50-32-36(27-30-53(50)68-54)40-20-11-21-49-58-47-18-5-3-14-41(47)42-15-4-6-19-48(42)60(58)67(59(40)49)63-65-61(37-24-28-45-43-16-7-9-22-51(43)69-55(45)33-37)64-62(66-63)38-25-29-46-44-17-8-10-23-52(44)70-56(46)34-38/h1-34H. The van der Waals surface area contributed by atoms with Crippen LogP contribution in [0.2, 0.25) is 0 Å². The van der Waals surface area contributed by atoms with Gasteiger partial charge >= 0.3 is 0 Å². The highest BCUT2D eigenvalue weighted by molar-refractivity contribution is 6.33. The summed E-state index contributed by atoms with van der Waals surface area (Å²) in [5, 5.41) is 15.5. The Bertz CT molecular complexity index is 4780. The number of hydrogen-bond donors (Lipinski definition) is 0. The van der Waals surface area contributed by atoms with Crippen LogP contribution in [0.15, 0.2) is 220 Å². The van der Waals surface area contributed by atoms with Crippen LogP contribution in [0.5, 0.6) is 0 Å². The summed E-state index contributed by atoms with van der Waals surface area (Å²) in [6, 6.07) is 72.1. The number of benzene rings is 11. The number of nitrogens with zero attached hydrogens (tertiary/aromatic N) is 4. The number of furan rings is 3. The number of hydrogen-bond acceptors (Lipinski definition) is 6. The van der Waals surface area contributed by atoms with Crippen molar-refractivity contribution in [3.05, 3.63) is 206 Å². The summed E-state index contributed by atoms with van der Waals surface area (Å²) in [5.74, 6) is 1.52. The summed E-state index contributed by atoms with van der Waals surface area (Å²) in [6.07, 6.45) is 0. The molecule has 16 aromatic rings. The van der Waals surface area contributed by atoms with Crippen molar-refractivity contribution < 1.29 is 13.3 Å². The predicted molar refractivity (Wildman–Crippen MR) is 285 cm³/mol. The molecule has 70 heavy (non-hydrogen) atoms. The molecule has 0 radical (unpaired) electrons. The molecule has 0 bridgehead atoms. The Kier molecular flexibility index (Phi) is 7.49. The third kappa shape index (κ3) is 5.25. The lowest BCUT2D eigenvalue weighted by Crippen LogP contribution is -2.07. The van der Waals surface area contributed by atoms with Crippen LogP contribution in [-0.2, 0) is 0 Å². The molecule has 0 unspecified atom stereocenters. The van der Waals surface area contributed by atoms with E-state index in [-0.39, 0.29) is 0 Å². The highest BCUT2D eigenvalue weighted by atomic mass is 16.3. The second-order valence-corrected chi connectivity index (χ2v) is 18.2. The zero-order valence-electron chi connectivity index (χ0n) is 37.1. The molecule has 0 atom stereocenters. The molecule has 0 spiro atoms. The summed E-state index contributed by atoms with van der Waals surface area (Å²) in [6.45, 7) is 0. The fraction of sp³-hybridized carbons (Fsp3) is 0. The van der Waals surface area contributed by atoms with E-state index in [9.17, 15) is 0 Å². The molecule has 16 rings (SSSR count). The van der Waals surface area contributed by atoms with Crippen molar-refractivity contribution in [2.75, 3.05) is 0 Å². The van der Waals surface area contributed by atoms with Gasteiger partial charge in [-0.2, -0.15) is 9.97 Å². The van der Waals surface area contributed by atoms with Gasteiger partial charge in [0.25, 0.3) is 0 Å². The van der Waals surface area contributed by atoms with E-state index in [1.807, 2.05) is 36.4 Å². The lowest BCUT2D eigenvalue weighted by atomic mass is 9.95. The van der Waals surface area contributed by atoms with Crippen LogP contribution in [0.25, 0.3) is 160 Å². The topological polar surface area (TPSA) is 83.0 Å². The van der Waals surface area contributed by atoms with Crippen LogP contribution in [0.1, 0.15) is 0 Å². The summed E-state index contributed by atoms with van der Waals surface area (Å²) in [5.41, 5.74) is 10.6. The monoisotopic (exact) mass is 894 g/mol. The smallest absolute Gasteiger partial charge is 0.238 e. The predicted octanol–water partition coefficient (Wildman–Crippen LogP) is 17.1. The Morgan fingerprint density at radius 2 is 0.800 bits per heavy atom. The van der Waals surface area contributed by atoms with Gasteiger partial charge in [-0.3, -0.25) is 4.57 Å². The number of aromatic nitrogens is 4. The fourth-order valence-corrected chi connectivity index (χ4v) is 11.3. The van der Waals surface area contributed by atoms with Crippen molar-refractivity contribution >= 4 is 120 Å². The third-order valence-electron chi connectivity index (χ3n) is 14.4. The largest absolute Gasteiger partial charge is 0.456 e. The Hall–Kier alpha value is -9.59. The number of para-hydroxylation sites is 3. The molecule has 0 aliphatic heterocycles. The molecule has 324 valence electrons. The molecular formula is C63H34N4O3. The number of rotatable bonds is 4. The molecule has 0 saturated heterocycles.